The molecule has 1 aromatic heterocycles. The molecule has 2 aromatic rings. The Morgan fingerprint density at radius 1 is 1.05 bits per heavy atom. The van der Waals surface area contributed by atoms with Gasteiger partial charge in [-0.15, -0.1) is 0 Å². The van der Waals surface area contributed by atoms with Gasteiger partial charge in [-0.3, -0.25) is 19.8 Å². The highest BCUT2D eigenvalue weighted by atomic mass is 15.2. The van der Waals surface area contributed by atoms with E-state index < -0.39 is 0 Å². The molecule has 116 valence electrons. The van der Waals surface area contributed by atoms with Crippen molar-refractivity contribution in [3.8, 4) is 0 Å². The minimum Gasteiger partial charge on any atom is -0.298 e. The predicted octanol–water partition coefficient (Wildman–Crippen LogP) is 2.75. The van der Waals surface area contributed by atoms with Crippen LogP contribution in [0.5, 0.6) is 0 Å². The molecule has 2 heterocycles. The molecule has 1 fully saturated rings. The van der Waals surface area contributed by atoms with Crippen molar-refractivity contribution in [2.24, 2.45) is 0 Å². The molecule has 1 aliphatic heterocycles. The van der Waals surface area contributed by atoms with Crippen LogP contribution in [0, 0.1) is 0 Å². The van der Waals surface area contributed by atoms with E-state index in [9.17, 15) is 0 Å². The van der Waals surface area contributed by atoms with Crippen LogP contribution in [0.3, 0.4) is 0 Å². The molecule has 0 spiro atoms. The predicted molar refractivity (Wildman–Crippen MR) is 88.4 cm³/mol. The lowest BCUT2D eigenvalue weighted by atomic mass is 10.2. The van der Waals surface area contributed by atoms with Gasteiger partial charge in [-0.25, -0.2) is 0 Å². The van der Waals surface area contributed by atoms with Crippen LogP contribution in [-0.2, 0) is 6.54 Å². The van der Waals surface area contributed by atoms with Gasteiger partial charge in [0.1, 0.15) is 0 Å². The maximum absolute atomic E-state index is 4.45. The third-order valence-electron chi connectivity index (χ3n) is 4.43. The molecule has 0 bridgehead atoms. The Kier molecular flexibility index (Phi) is 5.14. The van der Waals surface area contributed by atoms with E-state index in [0.29, 0.717) is 6.04 Å². The van der Waals surface area contributed by atoms with Gasteiger partial charge in [0.05, 0.1) is 11.7 Å². The summed E-state index contributed by atoms with van der Waals surface area (Å²) in [6.45, 7) is 7.77. The van der Waals surface area contributed by atoms with Crippen LogP contribution in [0.2, 0.25) is 0 Å². The van der Waals surface area contributed by atoms with Crippen LogP contribution in [0.15, 0.2) is 48.9 Å². The number of nitrogens with zero attached hydrogens (tertiary/aromatic N) is 4. The fraction of sp³-hybridized carbons (Fsp3) is 0.444. The van der Waals surface area contributed by atoms with E-state index in [-0.39, 0.29) is 0 Å². The van der Waals surface area contributed by atoms with Gasteiger partial charge >= 0.3 is 0 Å². The first-order chi connectivity index (χ1) is 10.8. The van der Waals surface area contributed by atoms with Crippen LogP contribution in [0.4, 0.5) is 0 Å². The topological polar surface area (TPSA) is 32.3 Å². The zero-order chi connectivity index (χ0) is 15.2. The molecule has 0 amide bonds. The standard InChI is InChI=1S/C18H24N4/c1-16(18-14-19-8-9-20-18)22-11-5-10-21(12-13-22)15-17-6-3-2-4-7-17/h2-4,6-9,14,16H,5,10-13,15H2,1H3/t16-/m1/s1. The zero-order valence-corrected chi connectivity index (χ0v) is 13.2. The van der Waals surface area contributed by atoms with Crippen molar-refractivity contribution in [3.63, 3.8) is 0 Å². The monoisotopic (exact) mass is 296 g/mol. The fourth-order valence-corrected chi connectivity index (χ4v) is 3.09. The fourth-order valence-electron chi connectivity index (χ4n) is 3.09. The number of benzene rings is 1. The average molecular weight is 296 g/mol. The zero-order valence-electron chi connectivity index (χ0n) is 13.2. The van der Waals surface area contributed by atoms with E-state index in [1.54, 1.807) is 12.4 Å². The first-order valence-electron chi connectivity index (χ1n) is 8.09. The third-order valence-corrected chi connectivity index (χ3v) is 4.43. The molecule has 1 aliphatic rings. The molecule has 4 heteroatoms. The van der Waals surface area contributed by atoms with Gasteiger partial charge in [-0.2, -0.15) is 0 Å². The normalized spacial score (nSPS) is 18.8. The molecule has 22 heavy (non-hydrogen) atoms. The number of hydrogen-bond donors (Lipinski definition) is 0. The second-order valence-electron chi connectivity index (χ2n) is 5.96. The maximum Gasteiger partial charge on any atom is 0.0755 e. The molecular formula is C18H24N4. The van der Waals surface area contributed by atoms with Crippen molar-refractivity contribution < 1.29 is 0 Å². The van der Waals surface area contributed by atoms with E-state index in [1.165, 1.54) is 18.5 Å². The molecule has 0 aliphatic carbocycles. The lowest BCUT2D eigenvalue weighted by Gasteiger charge is -2.27. The van der Waals surface area contributed by atoms with E-state index in [4.69, 9.17) is 0 Å². The lowest BCUT2D eigenvalue weighted by molar-refractivity contribution is 0.205. The van der Waals surface area contributed by atoms with E-state index in [1.807, 2.05) is 6.20 Å². The largest absolute Gasteiger partial charge is 0.298 e. The first kappa shape index (κ1) is 15.1. The van der Waals surface area contributed by atoms with Crippen LogP contribution in [-0.4, -0.2) is 45.9 Å². The van der Waals surface area contributed by atoms with Gasteiger partial charge in [0.2, 0.25) is 0 Å². The molecule has 3 rings (SSSR count). The molecule has 0 radical (unpaired) electrons. The Hall–Kier alpha value is -1.78. The molecule has 4 nitrogen and oxygen atoms in total. The third kappa shape index (κ3) is 3.90. The van der Waals surface area contributed by atoms with Crippen molar-refractivity contribution in [3.05, 3.63) is 60.2 Å². The van der Waals surface area contributed by atoms with Crippen molar-refractivity contribution in [2.75, 3.05) is 26.2 Å². The highest BCUT2D eigenvalue weighted by Gasteiger charge is 2.21. The molecule has 0 N–H and O–H groups in total. The molecule has 1 saturated heterocycles. The van der Waals surface area contributed by atoms with Gasteiger partial charge < -0.3 is 0 Å². The molecule has 0 saturated carbocycles. The summed E-state index contributed by atoms with van der Waals surface area (Å²) < 4.78 is 0. The molecule has 1 atom stereocenters. The summed E-state index contributed by atoms with van der Waals surface area (Å²) in [7, 11) is 0. The summed E-state index contributed by atoms with van der Waals surface area (Å²) in [5, 5.41) is 0. The van der Waals surface area contributed by atoms with Gasteiger partial charge in [0, 0.05) is 44.8 Å². The van der Waals surface area contributed by atoms with Crippen LogP contribution < -0.4 is 0 Å². The van der Waals surface area contributed by atoms with Gasteiger partial charge in [-0.05, 0) is 25.5 Å². The average Bonchev–Trinajstić information content (AvgIpc) is 2.82. The van der Waals surface area contributed by atoms with Crippen molar-refractivity contribution in [1.82, 2.24) is 19.8 Å². The van der Waals surface area contributed by atoms with Crippen LogP contribution in [0.1, 0.15) is 30.6 Å². The summed E-state index contributed by atoms with van der Waals surface area (Å²) in [5.74, 6) is 0. The minimum atomic E-state index is 0.338. The summed E-state index contributed by atoms with van der Waals surface area (Å²) in [4.78, 5) is 13.7. The SMILES string of the molecule is C[C@H](c1cnccn1)N1CCCN(Cc2ccccc2)CC1. The lowest BCUT2D eigenvalue weighted by Crippen LogP contribution is -2.32. The van der Waals surface area contributed by atoms with Crippen LogP contribution in [0.25, 0.3) is 0 Å². The number of rotatable bonds is 4. The van der Waals surface area contributed by atoms with Crippen molar-refractivity contribution in [1.29, 1.82) is 0 Å². The second kappa shape index (κ2) is 7.47. The summed E-state index contributed by atoms with van der Waals surface area (Å²) >= 11 is 0. The first-order valence-corrected chi connectivity index (χ1v) is 8.09. The molecular weight excluding hydrogens is 272 g/mol. The highest BCUT2D eigenvalue weighted by Crippen LogP contribution is 2.19. The van der Waals surface area contributed by atoms with Gasteiger partial charge in [0.25, 0.3) is 0 Å². The quantitative estimate of drug-likeness (QED) is 0.868. The van der Waals surface area contributed by atoms with Crippen molar-refractivity contribution in [2.45, 2.75) is 25.9 Å². The Morgan fingerprint density at radius 3 is 2.68 bits per heavy atom. The maximum atomic E-state index is 4.45. The van der Waals surface area contributed by atoms with E-state index in [0.717, 1.165) is 31.9 Å². The van der Waals surface area contributed by atoms with Crippen LogP contribution >= 0.6 is 0 Å². The van der Waals surface area contributed by atoms with Crippen molar-refractivity contribution >= 4 is 0 Å². The summed E-state index contributed by atoms with van der Waals surface area (Å²) in [6.07, 6.45) is 6.61. The second-order valence-corrected chi connectivity index (χ2v) is 5.96. The highest BCUT2D eigenvalue weighted by molar-refractivity contribution is 5.14. The van der Waals surface area contributed by atoms with E-state index in [2.05, 4.69) is 57.0 Å². The smallest absolute Gasteiger partial charge is 0.0755 e. The van der Waals surface area contributed by atoms with Gasteiger partial charge in [-0.1, -0.05) is 30.3 Å². The Morgan fingerprint density at radius 2 is 1.91 bits per heavy atom. The molecule has 1 aromatic carbocycles. The summed E-state index contributed by atoms with van der Waals surface area (Å²) in [6, 6.07) is 11.1. The number of aromatic nitrogens is 2. The number of hydrogen-bond acceptors (Lipinski definition) is 4. The summed E-state index contributed by atoms with van der Waals surface area (Å²) in [5.41, 5.74) is 2.47. The Labute approximate surface area is 132 Å². The Bertz CT molecular complexity index is 558. The molecule has 0 unspecified atom stereocenters. The van der Waals surface area contributed by atoms with Gasteiger partial charge in [0.15, 0.2) is 0 Å². The van der Waals surface area contributed by atoms with E-state index >= 15 is 0 Å². The minimum absolute atomic E-state index is 0.338. The Balaban J connectivity index is 1.58.